The van der Waals surface area contributed by atoms with E-state index in [9.17, 15) is 4.39 Å². The highest BCUT2D eigenvalue weighted by atomic mass is 19.1. The molecule has 0 atom stereocenters. The highest BCUT2D eigenvalue weighted by Gasteiger charge is 2.10. The van der Waals surface area contributed by atoms with Crippen molar-refractivity contribution >= 4 is 33.6 Å². The number of halogens is 1. The first kappa shape index (κ1) is 18.1. The van der Waals surface area contributed by atoms with Gasteiger partial charge in [-0.15, -0.1) is 0 Å². The lowest BCUT2D eigenvalue weighted by atomic mass is 10.2. The van der Waals surface area contributed by atoms with E-state index in [4.69, 9.17) is 14.5 Å². The summed E-state index contributed by atoms with van der Waals surface area (Å²) in [7, 11) is 1.99. The van der Waals surface area contributed by atoms with Gasteiger partial charge in [-0.3, -0.25) is 4.98 Å². The summed E-state index contributed by atoms with van der Waals surface area (Å²) in [4.78, 5) is 13.3. The molecule has 0 radical (unpaired) electrons. The lowest BCUT2D eigenvalue weighted by Gasteiger charge is -2.09. The monoisotopic (exact) mass is 381 g/mol. The van der Waals surface area contributed by atoms with E-state index in [2.05, 4.69) is 15.3 Å². The first-order valence-electron chi connectivity index (χ1n) is 8.96. The van der Waals surface area contributed by atoms with Crippen LogP contribution in [0.1, 0.15) is 0 Å². The second kappa shape index (κ2) is 8.18. The third-order valence-electron chi connectivity index (χ3n) is 4.32. The summed E-state index contributed by atoms with van der Waals surface area (Å²) >= 11 is 0. The minimum absolute atomic E-state index is 0.0801. The van der Waals surface area contributed by atoms with E-state index < -0.39 is 6.67 Å². The average molecular weight is 381 g/mol. The highest BCUT2D eigenvalue weighted by molar-refractivity contribution is 6.06. The molecule has 28 heavy (non-hydrogen) atoms. The van der Waals surface area contributed by atoms with Gasteiger partial charge in [0.05, 0.1) is 18.7 Å². The zero-order valence-corrected chi connectivity index (χ0v) is 15.4. The van der Waals surface area contributed by atoms with Gasteiger partial charge in [-0.1, -0.05) is 6.07 Å². The minimum atomic E-state index is -0.498. The predicted octanol–water partition coefficient (Wildman–Crippen LogP) is 3.63. The summed E-state index contributed by atoms with van der Waals surface area (Å²) < 4.78 is 24.6. The Bertz CT molecular complexity index is 1100. The maximum atomic E-state index is 12.0. The molecule has 0 aliphatic rings. The molecular weight excluding hydrogens is 361 g/mol. The van der Waals surface area contributed by atoms with Crippen molar-refractivity contribution in [2.24, 2.45) is 7.05 Å². The molecule has 0 fully saturated rings. The first-order valence-corrected chi connectivity index (χ1v) is 8.96. The van der Waals surface area contributed by atoms with Crippen LogP contribution < -0.4 is 10.1 Å². The molecule has 0 unspecified atom stereocenters. The Morgan fingerprint density at radius 3 is 2.79 bits per heavy atom. The smallest absolute Gasteiger partial charge is 0.215 e. The van der Waals surface area contributed by atoms with Gasteiger partial charge in [0.1, 0.15) is 30.6 Å². The van der Waals surface area contributed by atoms with Crippen LogP contribution in [0.15, 0.2) is 48.8 Å². The largest absolute Gasteiger partial charge is 0.475 e. The summed E-state index contributed by atoms with van der Waals surface area (Å²) in [6, 6.07) is 11.3. The summed E-state index contributed by atoms with van der Waals surface area (Å²) in [5, 5.41) is 5.33. The molecule has 4 aromatic heterocycles. The molecule has 4 aromatic rings. The number of rotatable bonds is 8. The molecule has 7 nitrogen and oxygen atoms in total. The van der Waals surface area contributed by atoms with Crippen LogP contribution in [0.5, 0.6) is 5.88 Å². The van der Waals surface area contributed by atoms with Gasteiger partial charge in [-0.2, -0.15) is 4.98 Å². The van der Waals surface area contributed by atoms with E-state index in [0.29, 0.717) is 30.7 Å². The van der Waals surface area contributed by atoms with E-state index in [1.165, 1.54) is 0 Å². The molecule has 0 saturated carbocycles. The van der Waals surface area contributed by atoms with E-state index in [1.807, 2.05) is 48.1 Å². The third kappa shape index (κ3) is 3.72. The van der Waals surface area contributed by atoms with Crippen molar-refractivity contribution in [2.75, 3.05) is 31.8 Å². The van der Waals surface area contributed by atoms with E-state index in [0.717, 1.165) is 21.9 Å². The van der Waals surface area contributed by atoms with Gasteiger partial charge in [-0.25, -0.2) is 9.37 Å². The molecule has 8 heteroatoms. The van der Waals surface area contributed by atoms with Gasteiger partial charge >= 0.3 is 0 Å². The topological polar surface area (TPSA) is 74.1 Å². The van der Waals surface area contributed by atoms with Crippen molar-refractivity contribution in [3.8, 4) is 5.88 Å². The molecule has 0 aliphatic heterocycles. The Hall–Kier alpha value is -3.26. The van der Waals surface area contributed by atoms with Crippen LogP contribution in [-0.4, -0.2) is 46.0 Å². The molecule has 0 bridgehead atoms. The van der Waals surface area contributed by atoms with Crippen molar-refractivity contribution < 1.29 is 13.9 Å². The van der Waals surface area contributed by atoms with Gasteiger partial charge in [-0.05, 0) is 24.3 Å². The number of aryl methyl sites for hydroxylation is 1. The van der Waals surface area contributed by atoms with Crippen LogP contribution in [0.2, 0.25) is 0 Å². The van der Waals surface area contributed by atoms with Crippen molar-refractivity contribution in [1.82, 2.24) is 19.5 Å². The summed E-state index contributed by atoms with van der Waals surface area (Å²) in [5.41, 5.74) is 1.95. The Balaban J connectivity index is 1.51. The molecule has 0 spiro atoms. The van der Waals surface area contributed by atoms with Crippen LogP contribution in [0.25, 0.3) is 21.9 Å². The quantitative estimate of drug-likeness (QED) is 0.470. The normalized spacial score (nSPS) is 11.2. The predicted molar refractivity (Wildman–Crippen MR) is 106 cm³/mol. The number of aromatic nitrogens is 4. The third-order valence-corrected chi connectivity index (χ3v) is 4.32. The lowest BCUT2D eigenvalue weighted by Crippen LogP contribution is -2.09. The summed E-state index contributed by atoms with van der Waals surface area (Å²) in [6.07, 6.45) is 3.63. The maximum absolute atomic E-state index is 12.0. The van der Waals surface area contributed by atoms with Crippen LogP contribution >= 0.6 is 0 Å². The fourth-order valence-corrected chi connectivity index (χ4v) is 3.04. The molecule has 144 valence electrons. The van der Waals surface area contributed by atoms with Gasteiger partial charge in [0.15, 0.2) is 0 Å². The van der Waals surface area contributed by atoms with Crippen molar-refractivity contribution in [3.63, 3.8) is 0 Å². The van der Waals surface area contributed by atoms with E-state index in [-0.39, 0.29) is 6.61 Å². The SMILES string of the molecule is Cn1c2ccncc2c2ccc(Nc3cccc(OCCOCCF)n3)nc21. The number of hydrogen-bond donors (Lipinski definition) is 1. The van der Waals surface area contributed by atoms with Crippen LogP contribution in [0.3, 0.4) is 0 Å². The van der Waals surface area contributed by atoms with Crippen molar-refractivity contribution in [2.45, 2.75) is 0 Å². The van der Waals surface area contributed by atoms with Crippen LogP contribution in [-0.2, 0) is 11.8 Å². The van der Waals surface area contributed by atoms with Gasteiger partial charge in [0.2, 0.25) is 5.88 Å². The standard InChI is InChI=1S/C20H20FN5O2/c1-26-16-7-9-22-13-15(16)14-5-6-18(25-20(14)26)23-17-3-2-4-19(24-17)28-12-11-27-10-8-21/h2-7,9,13H,8,10-12H2,1H3,(H,23,24,25). The Morgan fingerprint density at radius 1 is 1.00 bits per heavy atom. The molecular formula is C20H20FN5O2. The first-order chi connectivity index (χ1) is 13.8. The second-order valence-corrected chi connectivity index (χ2v) is 6.16. The summed E-state index contributed by atoms with van der Waals surface area (Å²) in [5.74, 6) is 1.77. The maximum Gasteiger partial charge on any atom is 0.215 e. The molecule has 4 heterocycles. The Morgan fingerprint density at radius 2 is 1.89 bits per heavy atom. The number of fused-ring (bicyclic) bond motifs is 3. The average Bonchev–Trinajstić information content (AvgIpc) is 3.00. The zero-order chi connectivity index (χ0) is 19.3. The number of nitrogens with zero attached hydrogens (tertiary/aromatic N) is 4. The van der Waals surface area contributed by atoms with Gasteiger partial charge in [0, 0.05) is 36.3 Å². The van der Waals surface area contributed by atoms with E-state index >= 15 is 0 Å². The molecule has 1 N–H and O–H groups in total. The fraction of sp³-hybridized carbons (Fsp3) is 0.250. The Labute approximate surface area is 161 Å². The number of anilines is 2. The lowest BCUT2D eigenvalue weighted by molar-refractivity contribution is 0.0884. The zero-order valence-electron chi connectivity index (χ0n) is 15.4. The second-order valence-electron chi connectivity index (χ2n) is 6.16. The van der Waals surface area contributed by atoms with E-state index in [1.54, 1.807) is 12.3 Å². The molecule has 0 saturated heterocycles. The van der Waals surface area contributed by atoms with Crippen LogP contribution in [0.4, 0.5) is 16.0 Å². The van der Waals surface area contributed by atoms with Crippen LogP contribution in [0, 0.1) is 0 Å². The highest BCUT2D eigenvalue weighted by Crippen LogP contribution is 2.27. The number of ether oxygens (including phenoxy) is 2. The molecule has 4 rings (SSSR count). The Kier molecular flexibility index (Phi) is 5.29. The number of hydrogen-bond acceptors (Lipinski definition) is 6. The molecule has 0 amide bonds. The molecule has 0 aliphatic carbocycles. The van der Waals surface area contributed by atoms with Crippen molar-refractivity contribution in [3.05, 3.63) is 48.8 Å². The number of pyridine rings is 3. The fourth-order valence-electron chi connectivity index (χ4n) is 3.04. The summed E-state index contributed by atoms with van der Waals surface area (Å²) in [6.45, 7) is 0.209. The molecule has 0 aromatic carbocycles. The van der Waals surface area contributed by atoms with Gasteiger partial charge < -0.3 is 19.4 Å². The van der Waals surface area contributed by atoms with Crippen molar-refractivity contribution in [1.29, 1.82) is 0 Å². The van der Waals surface area contributed by atoms with Gasteiger partial charge in [0.25, 0.3) is 0 Å². The number of alkyl halides is 1. The minimum Gasteiger partial charge on any atom is -0.475 e. The number of nitrogens with one attached hydrogen (secondary N) is 1.